The summed E-state index contributed by atoms with van der Waals surface area (Å²) in [5.41, 5.74) is 1.28. The quantitative estimate of drug-likeness (QED) is 0.820. The van der Waals surface area contributed by atoms with Crippen molar-refractivity contribution >= 4 is 23.6 Å². The molecule has 0 aromatic heterocycles. The second-order valence-electron chi connectivity index (χ2n) is 6.27. The predicted molar refractivity (Wildman–Crippen MR) is 102 cm³/mol. The van der Waals surface area contributed by atoms with Gasteiger partial charge in [0.25, 0.3) is 5.91 Å². The molecule has 0 radical (unpaired) electrons. The highest BCUT2D eigenvalue weighted by Crippen LogP contribution is 2.22. The van der Waals surface area contributed by atoms with Crippen molar-refractivity contribution in [2.45, 2.75) is 19.1 Å². The van der Waals surface area contributed by atoms with E-state index in [4.69, 9.17) is 9.84 Å². The molecule has 0 bridgehead atoms. The lowest BCUT2D eigenvalue weighted by Crippen LogP contribution is -2.47. The zero-order chi connectivity index (χ0) is 19.2. The average molecular weight is 389 g/mol. The maximum absolute atomic E-state index is 13.2. The minimum Gasteiger partial charge on any atom is -0.489 e. The molecule has 1 atom stereocenters. The number of amides is 1. The topological polar surface area (TPSA) is 66.8 Å². The lowest BCUT2D eigenvalue weighted by molar-refractivity contribution is -0.138. The minimum absolute atomic E-state index is 0.0545. The highest BCUT2D eigenvalue weighted by Gasteiger charge is 2.29. The lowest BCUT2D eigenvalue weighted by atomic mass is 10.1. The summed E-state index contributed by atoms with van der Waals surface area (Å²) in [5, 5.41) is 9.09. The van der Waals surface area contributed by atoms with Crippen molar-refractivity contribution in [3.8, 4) is 5.75 Å². The third kappa shape index (κ3) is 5.23. The summed E-state index contributed by atoms with van der Waals surface area (Å²) in [7, 11) is 0. The molecule has 2 aromatic carbocycles. The number of ether oxygens (including phenoxy) is 1. The fourth-order valence-corrected chi connectivity index (χ4v) is 4.04. The van der Waals surface area contributed by atoms with E-state index in [2.05, 4.69) is 0 Å². The fraction of sp³-hybridized carbons (Fsp3) is 0.300. The van der Waals surface area contributed by atoms with Crippen LogP contribution >= 0.6 is 11.8 Å². The molecule has 1 amide bonds. The number of hydrogen-bond acceptors (Lipinski definition) is 4. The van der Waals surface area contributed by atoms with Gasteiger partial charge in [-0.15, -0.1) is 0 Å². The molecular formula is C20H20FNO4S. The molecule has 142 valence electrons. The van der Waals surface area contributed by atoms with Gasteiger partial charge in [-0.25, -0.2) is 4.39 Å². The van der Waals surface area contributed by atoms with Crippen LogP contribution in [0.15, 0.2) is 48.5 Å². The Kier molecular flexibility index (Phi) is 6.34. The van der Waals surface area contributed by atoms with Gasteiger partial charge in [0.05, 0.1) is 12.5 Å². The van der Waals surface area contributed by atoms with Gasteiger partial charge in [0, 0.05) is 29.7 Å². The van der Waals surface area contributed by atoms with E-state index in [1.54, 1.807) is 47.0 Å². The summed E-state index contributed by atoms with van der Waals surface area (Å²) in [6.07, 6.45) is -0.0545. The van der Waals surface area contributed by atoms with E-state index in [1.807, 2.05) is 6.07 Å². The van der Waals surface area contributed by atoms with Gasteiger partial charge in [0.15, 0.2) is 0 Å². The third-order valence-electron chi connectivity index (χ3n) is 4.27. The number of hydrogen-bond donors (Lipinski definition) is 1. The summed E-state index contributed by atoms with van der Waals surface area (Å²) in [6, 6.07) is 12.6. The second-order valence-corrected chi connectivity index (χ2v) is 7.42. The maximum atomic E-state index is 13.2. The van der Waals surface area contributed by atoms with E-state index in [-0.39, 0.29) is 30.8 Å². The van der Waals surface area contributed by atoms with Crippen LogP contribution in [0.5, 0.6) is 5.75 Å². The molecule has 0 spiro atoms. The van der Waals surface area contributed by atoms with Crippen LogP contribution in [0.2, 0.25) is 0 Å². The first kappa shape index (κ1) is 19.2. The predicted octanol–water partition coefficient (Wildman–Crippen LogP) is 3.44. The smallest absolute Gasteiger partial charge is 0.305 e. The number of halogens is 1. The normalized spacial score (nSPS) is 16.8. The zero-order valence-corrected chi connectivity index (χ0v) is 15.5. The van der Waals surface area contributed by atoms with Crippen LogP contribution in [-0.2, 0) is 11.4 Å². The number of carbonyl (C=O) groups is 2. The van der Waals surface area contributed by atoms with Crippen molar-refractivity contribution in [3.63, 3.8) is 0 Å². The Morgan fingerprint density at radius 1 is 1.22 bits per heavy atom. The summed E-state index contributed by atoms with van der Waals surface area (Å²) < 4.78 is 18.8. The van der Waals surface area contributed by atoms with Gasteiger partial charge < -0.3 is 14.7 Å². The van der Waals surface area contributed by atoms with E-state index in [9.17, 15) is 14.0 Å². The third-order valence-corrected chi connectivity index (χ3v) is 5.37. The van der Waals surface area contributed by atoms with Crippen molar-refractivity contribution in [1.29, 1.82) is 0 Å². The van der Waals surface area contributed by atoms with Gasteiger partial charge >= 0.3 is 5.97 Å². The standard InChI is InChI=1S/C20H20FNO4S/c21-16-5-2-6-18(10-16)26-12-14-3-1-4-15(9-14)20(25)22-7-8-27-13-17(22)11-19(23)24/h1-6,9-10,17H,7-8,11-13H2,(H,23,24). The number of thioether (sulfide) groups is 1. The zero-order valence-electron chi connectivity index (χ0n) is 14.6. The van der Waals surface area contributed by atoms with E-state index >= 15 is 0 Å². The molecule has 1 fully saturated rings. The number of carboxylic acids is 1. The van der Waals surface area contributed by atoms with Gasteiger partial charge in [0.2, 0.25) is 0 Å². The van der Waals surface area contributed by atoms with Crippen molar-refractivity contribution in [2.24, 2.45) is 0 Å². The molecule has 1 saturated heterocycles. The number of carbonyl (C=O) groups excluding carboxylic acids is 1. The van der Waals surface area contributed by atoms with E-state index in [0.29, 0.717) is 23.6 Å². The average Bonchev–Trinajstić information content (AvgIpc) is 2.66. The van der Waals surface area contributed by atoms with E-state index < -0.39 is 5.97 Å². The van der Waals surface area contributed by atoms with Gasteiger partial charge in [-0.3, -0.25) is 9.59 Å². The number of aliphatic carboxylic acids is 1. The van der Waals surface area contributed by atoms with E-state index in [1.165, 1.54) is 12.1 Å². The highest BCUT2D eigenvalue weighted by atomic mass is 32.2. The SMILES string of the molecule is O=C(O)CC1CSCCN1C(=O)c1cccc(COc2cccc(F)c2)c1. The first-order valence-corrected chi connectivity index (χ1v) is 9.76. The molecule has 1 aliphatic heterocycles. The van der Waals surface area contributed by atoms with Gasteiger partial charge in [-0.05, 0) is 29.8 Å². The summed E-state index contributed by atoms with van der Waals surface area (Å²) in [6.45, 7) is 0.741. The molecular weight excluding hydrogens is 369 g/mol. The Balaban J connectivity index is 1.70. The van der Waals surface area contributed by atoms with Gasteiger partial charge in [0.1, 0.15) is 18.2 Å². The van der Waals surface area contributed by atoms with E-state index in [0.717, 1.165) is 11.3 Å². The van der Waals surface area contributed by atoms with Crippen LogP contribution in [0.4, 0.5) is 4.39 Å². The molecule has 5 nitrogen and oxygen atoms in total. The number of carboxylic acid groups (broad SMARTS) is 1. The molecule has 1 N–H and O–H groups in total. The summed E-state index contributed by atoms with van der Waals surface area (Å²) >= 11 is 1.66. The van der Waals surface area contributed by atoms with Crippen LogP contribution in [-0.4, -0.2) is 46.0 Å². The Labute approximate surface area is 161 Å². The second kappa shape index (κ2) is 8.90. The molecule has 2 aromatic rings. The maximum Gasteiger partial charge on any atom is 0.305 e. The number of nitrogens with zero attached hydrogens (tertiary/aromatic N) is 1. The molecule has 0 saturated carbocycles. The van der Waals surface area contributed by atoms with Crippen molar-refractivity contribution in [1.82, 2.24) is 4.90 Å². The number of benzene rings is 2. The number of rotatable bonds is 6. The minimum atomic E-state index is -0.905. The van der Waals surface area contributed by atoms with Crippen LogP contribution in [0.25, 0.3) is 0 Å². The van der Waals surface area contributed by atoms with Crippen LogP contribution < -0.4 is 4.74 Å². The van der Waals surface area contributed by atoms with Crippen molar-refractivity contribution in [2.75, 3.05) is 18.1 Å². The van der Waals surface area contributed by atoms with Crippen LogP contribution in [0.1, 0.15) is 22.3 Å². The van der Waals surface area contributed by atoms with Crippen LogP contribution in [0, 0.1) is 5.82 Å². The van der Waals surface area contributed by atoms with Crippen LogP contribution in [0.3, 0.4) is 0 Å². The molecule has 27 heavy (non-hydrogen) atoms. The molecule has 7 heteroatoms. The fourth-order valence-electron chi connectivity index (χ4n) is 2.98. The van der Waals surface area contributed by atoms with Crippen molar-refractivity contribution < 1.29 is 23.8 Å². The molecule has 3 rings (SSSR count). The monoisotopic (exact) mass is 389 g/mol. The summed E-state index contributed by atoms with van der Waals surface area (Å²) in [5.74, 6) is 0.391. The van der Waals surface area contributed by atoms with Gasteiger partial charge in [-0.2, -0.15) is 11.8 Å². The Bertz CT molecular complexity index is 829. The van der Waals surface area contributed by atoms with Gasteiger partial charge in [-0.1, -0.05) is 18.2 Å². The molecule has 0 aliphatic carbocycles. The van der Waals surface area contributed by atoms with Crippen molar-refractivity contribution in [3.05, 3.63) is 65.5 Å². The Morgan fingerprint density at radius 3 is 2.81 bits per heavy atom. The summed E-state index contributed by atoms with van der Waals surface area (Å²) in [4.78, 5) is 25.6. The first-order valence-electron chi connectivity index (χ1n) is 8.61. The largest absolute Gasteiger partial charge is 0.489 e. The molecule has 1 aliphatic rings. The lowest BCUT2D eigenvalue weighted by Gasteiger charge is -2.34. The highest BCUT2D eigenvalue weighted by molar-refractivity contribution is 7.99. The first-order chi connectivity index (χ1) is 13.0. The Hall–Kier alpha value is -2.54. The molecule has 1 unspecified atom stereocenters. The Morgan fingerprint density at radius 2 is 2.04 bits per heavy atom. The molecule has 1 heterocycles.